The van der Waals surface area contributed by atoms with Crippen LogP contribution in [0.1, 0.15) is 10.4 Å². The van der Waals surface area contributed by atoms with Gasteiger partial charge in [-0.2, -0.15) is 0 Å². The zero-order chi connectivity index (χ0) is 13.2. The van der Waals surface area contributed by atoms with E-state index in [1.54, 1.807) is 24.4 Å². The van der Waals surface area contributed by atoms with E-state index in [2.05, 4.69) is 25.3 Å². The van der Waals surface area contributed by atoms with Gasteiger partial charge >= 0.3 is 0 Å². The van der Waals surface area contributed by atoms with E-state index < -0.39 is 5.91 Å². The van der Waals surface area contributed by atoms with Crippen molar-refractivity contribution in [3.63, 3.8) is 0 Å². The molecule has 7 heteroatoms. The summed E-state index contributed by atoms with van der Waals surface area (Å²) in [5, 5.41) is 2.85. The second kappa shape index (κ2) is 4.37. The third kappa shape index (κ3) is 1.97. The van der Waals surface area contributed by atoms with Gasteiger partial charge in [-0.1, -0.05) is 6.07 Å². The number of carbonyl (C=O) groups excluding carboxylic acids is 1. The Bertz CT molecular complexity index is 790. The minimum Gasteiger partial charge on any atom is -0.345 e. The van der Waals surface area contributed by atoms with Crippen molar-refractivity contribution in [2.45, 2.75) is 0 Å². The number of pyridine rings is 1. The number of fused-ring (bicyclic) bond motifs is 1. The van der Waals surface area contributed by atoms with Crippen molar-refractivity contribution >= 4 is 22.8 Å². The Balaban J connectivity index is 2.01. The van der Waals surface area contributed by atoms with E-state index in [9.17, 15) is 9.59 Å². The van der Waals surface area contributed by atoms with E-state index in [1.165, 1.54) is 12.5 Å². The Kier molecular flexibility index (Phi) is 2.57. The maximum absolute atomic E-state index is 12.1. The molecule has 0 radical (unpaired) electrons. The number of carbonyl (C=O) groups is 1. The molecule has 3 N–H and O–H groups in total. The molecular weight excluding hydrogens is 246 g/mol. The highest BCUT2D eigenvalue weighted by Crippen LogP contribution is 2.13. The molecule has 94 valence electrons. The predicted molar refractivity (Wildman–Crippen MR) is 68.9 cm³/mol. The number of rotatable bonds is 2. The van der Waals surface area contributed by atoms with Gasteiger partial charge in [-0.25, -0.2) is 9.97 Å². The highest BCUT2D eigenvalue weighted by Gasteiger charge is 2.15. The molecular formula is C12H9N5O2. The fourth-order valence-electron chi connectivity index (χ4n) is 1.77. The first kappa shape index (κ1) is 11.1. The van der Waals surface area contributed by atoms with Gasteiger partial charge in [0, 0.05) is 12.4 Å². The standard InChI is InChI=1S/C12H9N5O2/c18-11(17-8-3-1-2-4-13-8)7-5-14-10-9(7)12(19)16-6-15-10/h1-6H,(H,13,17,18)(H2,14,15,16,19). The summed E-state index contributed by atoms with van der Waals surface area (Å²) in [6.45, 7) is 0. The maximum Gasteiger partial charge on any atom is 0.261 e. The molecule has 0 aromatic carbocycles. The van der Waals surface area contributed by atoms with E-state index in [1.807, 2.05) is 0 Å². The van der Waals surface area contributed by atoms with Crippen LogP contribution < -0.4 is 10.9 Å². The monoisotopic (exact) mass is 255 g/mol. The minimum atomic E-state index is -0.413. The first-order valence-electron chi connectivity index (χ1n) is 5.53. The first-order chi connectivity index (χ1) is 9.25. The molecule has 1 amide bonds. The third-order valence-electron chi connectivity index (χ3n) is 2.63. The highest BCUT2D eigenvalue weighted by atomic mass is 16.2. The molecule has 0 aliphatic heterocycles. The van der Waals surface area contributed by atoms with E-state index in [0.717, 1.165) is 0 Å². The van der Waals surface area contributed by atoms with Crippen LogP contribution in [0.3, 0.4) is 0 Å². The minimum absolute atomic E-state index is 0.231. The normalized spacial score (nSPS) is 10.5. The Labute approximate surface area is 106 Å². The summed E-state index contributed by atoms with van der Waals surface area (Å²) in [6.07, 6.45) is 4.30. The molecule has 0 bridgehead atoms. The molecule has 0 atom stereocenters. The zero-order valence-corrected chi connectivity index (χ0v) is 9.68. The van der Waals surface area contributed by atoms with E-state index >= 15 is 0 Å². The van der Waals surface area contributed by atoms with Crippen LogP contribution in [-0.4, -0.2) is 25.8 Å². The van der Waals surface area contributed by atoms with Crippen molar-refractivity contribution < 1.29 is 4.79 Å². The SMILES string of the molecule is O=C(Nc1ccccn1)c1c[nH]c2nc[nH]c(=O)c12. The van der Waals surface area contributed by atoms with E-state index in [4.69, 9.17) is 0 Å². The van der Waals surface area contributed by atoms with Gasteiger partial charge < -0.3 is 15.3 Å². The number of anilines is 1. The van der Waals surface area contributed by atoms with Crippen molar-refractivity contribution in [1.82, 2.24) is 19.9 Å². The number of H-pyrrole nitrogens is 2. The van der Waals surface area contributed by atoms with Crippen molar-refractivity contribution in [2.24, 2.45) is 0 Å². The quantitative estimate of drug-likeness (QED) is 0.632. The van der Waals surface area contributed by atoms with Crippen molar-refractivity contribution in [3.05, 3.63) is 52.8 Å². The Morgan fingerprint density at radius 3 is 2.89 bits per heavy atom. The summed E-state index contributed by atoms with van der Waals surface area (Å²) >= 11 is 0. The molecule has 0 unspecified atom stereocenters. The summed E-state index contributed by atoms with van der Waals surface area (Å²) in [4.78, 5) is 36.9. The average molecular weight is 255 g/mol. The number of hydrogen-bond donors (Lipinski definition) is 3. The number of nitrogens with one attached hydrogen (secondary N) is 3. The summed E-state index contributed by atoms with van der Waals surface area (Å²) in [5.74, 6) is 0.00520. The highest BCUT2D eigenvalue weighted by molar-refractivity contribution is 6.11. The van der Waals surface area contributed by atoms with E-state index in [0.29, 0.717) is 11.5 Å². The molecule has 3 aromatic heterocycles. The van der Waals surface area contributed by atoms with Crippen LogP contribution >= 0.6 is 0 Å². The lowest BCUT2D eigenvalue weighted by Crippen LogP contribution is -2.15. The summed E-state index contributed by atoms with van der Waals surface area (Å²) < 4.78 is 0. The van der Waals surface area contributed by atoms with Crippen LogP contribution in [-0.2, 0) is 0 Å². The molecule has 3 rings (SSSR count). The lowest BCUT2D eigenvalue weighted by Gasteiger charge is -2.01. The Morgan fingerprint density at radius 1 is 1.21 bits per heavy atom. The molecule has 3 aromatic rings. The van der Waals surface area contributed by atoms with Crippen molar-refractivity contribution in [1.29, 1.82) is 0 Å². The molecule has 7 nitrogen and oxygen atoms in total. The second-order valence-corrected chi connectivity index (χ2v) is 3.83. The Hall–Kier alpha value is -2.96. The molecule has 0 aliphatic carbocycles. The Morgan fingerprint density at radius 2 is 2.11 bits per heavy atom. The number of aromatic amines is 2. The predicted octanol–water partition coefficient (Wildman–Crippen LogP) is 0.898. The van der Waals surface area contributed by atoms with Crippen LogP contribution in [0.25, 0.3) is 11.0 Å². The van der Waals surface area contributed by atoms with Crippen LogP contribution in [0.5, 0.6) is 0 Å². The van der Waals surface area contributed by atoms with Crippen LogP contribution in [0, 0.1) is 0 Å². The number of aromatic nitrogens is 4. The number of hydrogen-bond acceptors (Lipinski definition) is 4. The second-order valence-electron chi connectivity index (χ2n) is 3.83. The van der Waals surface area contributed by atoms with Crippen molar-refractivity contribution in [3.8, 4) is 0 Å². The van der Waals surface area contributed by atoms with Gasteiger partial charge in [0.15, 0.2) is 0 Å². The smallest absolute Gasteiger partial charge is 0.261 e. The summed E-state index contributed by atoms with van der Waals surface area (Å²) in [5.41, 5.74) is 0.238. The molecule has 0 saturated heterocycles. The van der Waals surface area contributed by atoms with Crippen LogP contribution in [0.15, 0.2) is 41.7 Å². The molecule has 0 saturated carbocycles. The van der Waals surface area contributed by atoms with Gasteiger partial charge in [-0.3, -0.25) is 9.59 Å². The van der Waals surface area contributed by atoms with Crippen molar-refractivity contribution in [2.75, 3.05) is 5.32 Å². The largest absolute Gasteiger partial charge is 0.345 e. The van der Waals surface area contributed by atoms with Gasteiger partial charge in [0.25, 0.3) is 11.5 Å². The summed E-state index contributed by atoms with van der Waals surface area (Å²) in [7, 11) is 0. The molecule has 0 aliphatic rings. The lowest BCUT2D eigenvalue weighted by molar-refractivity contribution is 0.102. The van der Waals surface area contributed by atoms with E-state index in [-0.39, 0.29) is 16.5 Å². The van der Waals surface area contributed by atoms with Gasteiger partial charge in [0.2, 0.25) is 0 Å². The van der Waals surface area contributed by atoms with Gasteiger partial charge in [0.1, 0.15) is 11.5 Å². The maximum atomic E-state index is 12.1. The van der Waals surface area contributed by atoms with Crippen LogP contribution in [0.4, 0.5) is 5.82 Å². The number of amides is 1. The van der Waals surface area contributed by atoms with Gasteiger partial charge in [-0.15, -0.1) is 0 Å². The fraction of sp³-hybridized carbons (Fsp3) is 0. The van der Waals surface area contributed by atoms with Gasteiger partial charge in [-0.05, 0) is 12.1 Å². The number of nitrogens with zero attached hydrogens (tertiary/aromatic N) is 2. The fourth-order valence-corrected chi connectivity index (χ4v) is 1.77. The summed E-state index contributed by atoms with van der Waals surface area (Å²) in [6, 6.07) is 5.16. The zero-order valence-electron chi connectivity index (χ0n) is 9.68. The first-order valence-corrected chi connectivity index (χ1v) is 5.53. The topological polar surface area (TPSA) is 104 Å². The van der Waals surface area contributed by atoms with Gasteiger partial charge in [0.05, 0.1) is 17.3 Å². The molecule has 19 heavy (non-hydrogen) atoms. The molecule has 0 spiro atoms. The third-order valence-corrected chi connectivity index (χ3v) is 2.63. The average Bonchev–Trinajstić information content (AvgIpc) is 2.85. The molecule has 0 fully saturated rings. The lowest BCUT2D eigenvalue weighted by atomic mass is 10.2. The molecule has 3 heterocycles. The van der Waals surface area contributed by atoms with Crippen LogP contribution in [0.2, 0.25) is 0 Å².